The smallest absolute Gasteiger partial charge is 0.335 e. The first-order valence-electron chi connectivity index (χ1n) is 11.1. The van der Waals surface area contributed by atoms with Crippen molar-refractivity contribution in [3.05, 3.63) is 99.3 Å². The second-order valence-electron chi connectivity index (χ2n) is 8.63. The number of anilines is 1. The molecule has 1 heterocycles. The predicted octanol–water partition coefficient (Wildman–Crippen LogP) is 6.14. The van der Waals surface area contributed by atoms with Gasteiger partial charge in [0.1, 0.15) is 11.9 Å². The second kappa shape index (κ2) is 8.27. The lowest BCUT2D eigenvalue weighted by atomic mass is 9.67. The van der Waals surface area contributed by atoms with Crippen LogP contribution in [0.5, 0.6) is 0 Å². The lowest BCUT2D eigenvalue weighted by molar-refractivity contribution is 0.0696. The summed E-state index contributed by atoms with van der Waals surface area (Å²) in [7, 11) is 0. The number of rotatable bonds is 4. The molecular formula is C27H21ClFN3O2. The number of nitriles is 1. The summed E-state index contributed by atoms with van der Waals surface area (Å²) in [5.74, 6) is -1.26. The molecule has 5 rings (SSSR count). The number of carboxylic acids is 1. The molecule has 0 spiro atoms. The molecule has 34 heavy (non-hydrogen) atoms. The highest BCUT2D eigenvalue weighted by molar-refractivity contribution is 6.32. The monoisotopic (exact) mass is 473 g/mol. The van der Waals surface area contributed by atoms with Crippen molar-refractivity contribution in [3.63, 3.8) is 0 Å². The lowest BCUT2D eigenvalue weighted by Crippen LogP contribution is -2.47. The minimum atomic E-state index is -0.957. The number of aryl methyl sites for hydroxylation is 1. The molecule has 2 unspecified atom stereocenters. The molecule has 0 bridgehead atoms. The fourth-order valence-electron chi connectivity index (χ4n) is 5.42. The van der Waals surface area contributed by atoms with Crippen LogP contribution in [-0.2, 0) is 12.0 Å². The minimum absolute atomic E-state index is 0.000517. The van der Waals surface area contributed by atoms with Gasteiger partial charge >= 0.3 is 5.97 Å². The highest BCUT2D eigenvalue weighted by atomic mass is 35.5. The van der Waals surface area contributed by atoms with Gasteiger partial charge in [-0.2, -0.15) is 10.4 Å². The van der Waals surface area contributed by atoms with Gasteiger partial charge in [0.25, 0.3) is 0 Å². The summed E-state index contributed by atoms with van der Waals surface area (Å²) in [5.41, 5.74) is 4.49. The third-order valence-corrected chi connectivity index (χ3v) is 7.34. The van der Waals surface area contributed by atoms with Crippen molar-refractivity contribution in [3.8, 4) is 6.07 Å². The molecule has 0 aromatic heterocycles. The SMILES string of the molecule is CCC1(c2ccc(F)cc2)C2CCc3cc(C(=O)O)ccc3C2=NN1c1ccc(C#N)c(Cl)c1. The van der Waals surface area contributed by atoms with Crippen molar-refractivity contribution in [2.75, 3.05) is 5.01 Å². The molecule has 0 saturated carbocycles. The van der Waals surface area contributed by atoms with E-state index in [1.54, 1.807) is 36.4 Å². The van der Waals surface area contributed by atoms with Gasteiger partial charge in [0.2, 0.25) is 0 Å². The van der Waals surface area contributed by atoms with E-state index in [1.165, 1.54) is 12.1 Å². The Balaban J connectivity index is 1.72. The minimum Gasteiger partial charge on any atom is -0.478 e. The first-order valence-corrected chi connectivity index (χ1v) is 11.5. The molecule has 1 aliphatic carbocycles. The Morgan fingerprint density at radius 3 is 2.65 bits per heavy atom. The summed E-state index contributed by atoms with van der Waals surface area (Å²) in [6.07, 6.45) is 2.17. The van der Waals surface area contributed by atoms with Crippen LogP contribution in [0.4, 0.5) is 10.1 Å². The molecule has 1 N–H and O–H groups in total. The Hall–Kier alpha value is -3.69. The quantitative estimate of drug-likeness (QED) is 0.493. The number of carboxylic acid groups (broad SMARTS) is 1. The Morgan fingerprint density at radius 1 is 1.24 bits per heavy atom. The van der Waals surface area contributed by atoms with Gasteiger partial charge in [0.15, 0.2) is 0 Å². The number of halogens is 2. The molecule has 2 atom stereocenters. The highest BCUT2D eigenvalue weighted by Gasteiger charge is 2.53. The van der Waals surface area contributed by atoms with E-state index < -0.39 is 11.5 Å². The van der Waals surface area contributed by atoms with Gasteiger partial charge in [-0.25, -0.2) is 9.18 Å². The Morgan fingerprint density at radius 2 is 2.00 bits per heavy atom. The molecule has 0 radical (unpaired) electrons. The standard InChI is InChI=1S/C27H21ClFN3O2/c1-2-27(19-6-8-20(29)9-7-19)23-12-5-16-13-17(26(33)34)4-11-22(16)25(23)31-32(27)21-10-3-18(15-30)24(28)14-21/h3-4,6-11,13-14,23H,2,5,12H2,1H3,(H,33,34). The third-order valence-electron chi connectivity index (χ3n) is 7.02. The van der Waals surface area contributed by atoms with Crippen LogP contribution in [0.1, 0.15) is 52.4 Å². The zero-order chi connectivity index (χ0) is 24.0. The normalized spacial score (nSPS) is 20.8. The van der Waals surface area contributed by atoms with E-state index >= 15 is 0 Å². The molecule has 1 aliphatic heterocycles. The topological polar surface area (TPSA) is 76.7 Å². The molecule has 2 aliphatic rings. The number of hydrogen-bond donors (Lipinski definition) is 1. The zero-order valence-electron chi connectivity index (χ0n) is 18.4. The molecule has 0 fully saturated rings. The fourth-order valence-corrected chi connectivity index (χ4v) is 5.63. The number of benzene rings is 3. The molecular weight excluding hydrogens is 453 g/mol. The number of fused-ring (bicyclic) bond motifs is 3. The fraction of sp³-hybridized carbons (Fsp3) is 0.222. The van der Waals surface area contributed by atoms with Crippen LogP contribution in [0.15, 0.2) is 65.8 Å². The van der Waals surface area contributed by atoms with Crippen LogP contribution in [0.3, 0.4) is 0 Å². The summed E-state index contributed by atoms with van der Waals surface area (Å²) in [6.45, 7) is 2.09. The van der Waals surface area contributed by atoms with E-state index in [-0.39, 0.29) is 17.3 Å². The van der Waals surface area contributed by atoms with Gasteiger partial charge in [0.05, 0.1) is 33.1 Å². The third kappa shape index (κ3) is 3.27. The van der Waals surface area contributed by atoms with Crippen LogP contribution in [0.2, 0.25) is 5.02 Å². The summed E-state index contributed by atoms with van der Waals surface area (Å²) in [5, 5.41) is 26.1. The van der Waals surface area contributed by atoms with Gasteiger partial charge in [-0.05, 0) is 72.9 Å². The zero-order valence-corrected chi connectivity index (χ0v) is 19.2. The summed E-state index contributed by atoms with van der Waals surface area (Å²) in [4.78, 5) is 11.5. The summed E-state index contributed by atoms with van der Waals surface area (Å²) in [6, 6.07) is 19.0. The van der Waals surface area contributed by atoms with E-state index in [4.69, 9.17) is 16.7 Å². The lowest BCUT2D eigenvalue weighted by Gasteiger charge is -2.43. The van der Waals surface area contributed by atoms with E-state index in [2.05, 4.69) is 13.0 Å². The Bertz CT molecular complexity index is 1380. The Kier molecular flexibility index (Phi) is 5.38. The van der Waals surface area contributed by atoms with Crippen molar-refractivity contribution < 1.29 is 14.3 Å². The van der Waals surface area contributed by atoms with Crippen LogP contribution < -0.4 is 5.01 Å². The van der Waals surface area contributed by atoms with E-state index in [0.717, 1.165) is 34.5 Å². The molecule has 170 valence electrons. The van der Waals surface area contributed by atoms with Crippen LogP contribution in [-0.4, -0.2) is 16.8 Å². The first kappa shape index (κ1) is 22.1. The van der Waals surface area contributed by atoms with Crippen molar-refractivity contribution in [2.24, 2.45) is 11.0 Å². The van der Waals surface area contributed by atoms with E-state index in [9.17, 15) is 19.6 Å². The highest BCUT2D eigenvalue weighted by Crippen LogP contribution is 2.52. The molecule has 0 amide bonds. The average molecular weight is 474 g/mol. The maximum absolute atomic E-state index is 13.9. The number of hydrogen-bond acceptors (Lipinski definition) is 4. The van der Waals surface area contributed by atoms with Crippen molar-refractivity contribution >= 4 is 29.0 Å². The summed E-state index contributed by atoms with van der Waals surface area (Å²) >= 11 is 6.39. The molecule has 0 saturated heterocycles. The Labute approximate surface area is 201 Å². The maximum Gasteiger partial charge on any atom is 0.335 e. The second-order valence-corrected chi connectivity index (χ2v) is 9.03. The van der Waals surface area contributed by atoms with Crippen LogP contribution in [0.25, 0.3) is 0 Å². The van der Waals surface area contributed by atoms with Gasteiger partial charge in [-0.15, -0.1) is 0 Å². The number of hydrazone groups is 1. The van der Waals surface area contributed by atoms with Crippen LogP contribution in [0, 0.1) is 23.1 Å². The van der Waals surface area contributed by atoms with Gasteiger partial charge in [0, 0.05) is 11.5 Å². The van der Waals surface area contributed by atoms with Crippen LogP contribution >= 0.6 is 11.6 Å². The van der Waals surface area contributed by atoms with Gasteiger partial charge in [-0.3, -0.25) is 5.01 Å². The molecule has 3 aromatic rings. The maximum atomic E-state index is 13.9. The van der Waals surface area contributed by atoms with Crippen molar-refractivity contribution in [2.45, 2.75) is 31.7 Å². The average Bonchev–Trinajstić information content (AvgIpc) is 3.19. The van der Waals surface area contributed by atoms with Crippen molar-refractivity contribution in [1.82, 2.24) is 0 Å². The molecule has 7 heteroatoms. The first-order chi connectivity index (χ1) is 16.4. The largest absolute Gasteiger partial charge is 0.478 e. The van der Waals surface area contributed by atoms with Gasteiger partial charge < -0.3 is 5.11 Å². The molecule has 3 aromatic carbocycles. The number of carbonyl (C=O) groups is 1. The predicted molar refractivity (Wildman–Crippen MR) is 129 cm³/mol. The number of aromatic carboxylic acids is 1. The summed E-state index contributed by atoms with van der Waals surface area (Å²) < 4.78 is 13.9. The van der Waals surface area contributed by atoms with Gasteiger partial charge in [-0.1, -0.05) is 36.7 Å². The van der Waals surface area contributed by atoms with Crippen molar-refractivity contribution in [1.29, 1.82) is 5.26 Å². The van der Waals surface area contributed by atoms with E-state index in [0.29, 0.717) is 23.4 Å². The number of nitrogens with zero attached hydrogens (tertiary/aromatic N) is 3. The van der Waals surface area contributed by atoms with E-state index in [1.807, 2.05) is 17.1 Å². The molecule has 5 nitrogen and oxygen atoms in total.